The van der Waals surface area contributed by atoms with Crippen molar-refractivity contribution in [2.75, 3.05) is 18.8 Å². The topological polar surface area (TPSA) is 68.0 Å². The molecule has 0 bridgehead atoms. The second kappa shape index (κ2) is 6.14. The molecule has 4 nitrogen and oxygen atoms in total. The van der Waals surface area contributed by atoms with E-state index in [1.54, 1.807) is 12.3 Å². The Morgan fingerprint density at radius 2 is 2.40 bits per heavy atom. The van der Waals surface area contributed by atoms with Crippen molar-refractivity contribution in [1.29, 1.82) is 0 Å². The van der Waals surface area contributed by atoms with E-state index in [-0.39, 0.29) is 5.78 Å². The minimum Gasteiger partial charge on any atom is -0.384 e. The van der Waals surface area contributed by atoms with Crippen LogP contribution >= 0.6 is 0 Å². The van der Waals surface area contributed by atoms with Gasteiger partial charge in [-0.1, -0.05) is 6.92 Å². The van der Waals surface area contributed by atoms with Gasteiger partial charge in [0.15, 0.2) is 5.78 Å². The second-order valence-corrected chi connectivity index (χ2v) is 3.48. The molecular formula is C11H17N3O. The lowest BCUT2D eigenvalue weighted by atomic mass is 10.1. The van der Waals surface area contributed by atoms with E-state index in [9.17, 15) is 4.79 Å². The van der Waals surface area contributed by atoms with Gasteiger partial charge in [-0.05, 0) is 30.7 Å². The van der Waals surface area contributed by atoms with E-state index in [0.29, 0.717) is 18.8 Å². The van der Waals surface area contributed by atoms with Gasteiger partial charge in [0.1, 0.15) is 5.82 Å². The molecule has 0 aliphatic rings. The molecular weight excluding hydrogens is 190 g/mol. The average molecular weight is 207 g/mol. The summed E-state index contributed by atoms with van der Waals surface area (Å²) < 4.78 is 0. The van der Waals surface area contributed by atoms with Gasteiger partial charge in [-0.15, -0.1) is 0 Å². The number of hydrogen-bond acceptors (Lipinski definition) is 4. The molecule has 1 aromatic rings. The van der Waals surface area contributed by atoms with Crippen molar-refractivity contribution in [2.24, 2.45) is 0 Å². The zero-order valence-corrected chi connectivity index (χ0v) is 8.99. The van der Waals surface area contributed by atoms with Crippen LogP contribution in [-0.4, -0.2) is 23.9 Å². The second-order valence-electron chi connectivity index (χ2n) is 3.48. The van der Waals surface area contributed by atoms with E-state index in [1.165, 1.54) is 0 Å². The maximum Gasteiger partial charge on any atom is 0.150 e. The van der Waals surface area contributed by atoms with Gasteiger partial charge in [-0.3, -0.25) is 4.79 Å². The van der Waals surface area contributed by atoms with Crippen LogP contribution < -0.4 is 11.1 Å². The van der Waals surface area contributed by atoms with Gasteiger partial charge in [-0.2, -0.15) is 0 Å². The highest BCUT2D eigenvalue weighted by Crippen LogP contribution is 2.03. The summed E-state index contributed by atoms with van der Waals surface area (Å²) >= 11 is 0. The van der Waals surface area contributed by atoms with Crippen LogP contribution in [0.2, 0.25) is 0 Å². The van der Waals surface area contributed by atoms with Gasteiger partial charge in [0, 0.05) is 12.6 Å². The van der Waals surface area contributed by atoms with Gasteiger partial charge in [0.2, 0.25) is 0 Å². The summed E-state index contributed by atoms with van der Waals surface area (Å²) in [6.45, 7) is 3.38. The van der Waals surface area contributed by atoms with E-state index in [4.69, 9.17) is 5.73 Å². The molecule has 0 radical (unpaired) electrons. The Kier molecular flexibility index (Phi) is 4.77. The fourth-order valence-corrected chi connectivity index (χ4v) is 1.30. The van der Waals surface area contributed by atoms with E-state index < -0.39 is 0 Å². The van der Waals surface area contributed by atoms with Gasteiger partial charge in [0.05, 0.1) is 6.54 Å². The number of nitrogens with two attached hydrogens (primary N) is 1. The van der Waals surface area contributed by atoms with Crippen molar-refractivity contribution < 1.29 is 4.79 Å². The lowest BCUT2D eigenvalue weighted by molar-refractivity contribution is -0.117. The van der Waals surface area contributed by atoms with Gasteiger partial charge >= 0.3 is 0 Å². The summed E-state index contributed by atoms with van der Waals surface area (Å²) in [5.41, 5.74) is 6.44. The lowest BCUT2D eigenvalue weighted by Crippen LogP contribution is -2.24. The molecule has 0 aliphatic carbocycles. The summed E-state index contributed by atoms with van der Waals surface area (Å²) in [4.78, 5) is 15.3. The Morgan fingerprint density at radius 1 is 1.60 bits per heavy atom. The Balaban J connectivity index is 2.37. The SMILES string of the molecule is CCCNCC(=O)Cc1ccnc(N)c1. The molecule has 1 heterocycles. The van der Waals surface area contributed by atoms with Crippen molar-refractivity contribution in [3.8, 4) is 0 Å². The molecule has 0 atom stereocenters. The molecule has 4 heteroatoms. The predicted octanol–water partition coefficient (Wildman–Crippen LogP) is 0.775. The Bertz CT molecular complexity index is 325. The van der Waals surface area contributed by atoms with Crippen LogP contribution in [0.1, 0.15) is 18.9 Å². The van der Waals surface area contributed by atoms with Crippen LogP contribution in [-0.2, 0) is 11.2 Å². The summed E-state index contributed by atoms with van der Waals surface area (Å²) in [6.07, 6.45) is 3.08. The van der Waals surface area contributed by atoms with E-state index in [2.05, 4.69) is 17.2 Å². The van der Waals surface area contributed by atoms with E-state index in [0.717, 1.165) is 18.5 Å². The van der Waals surface area contributed by atoms with E-state index in [1.807, 2.05) is 6.07 Å². The number of aromatic nitrogens is 1. The zero-order chi connectivity index (χ0) is 11.1. The molecule has 82 valence electrons. The van der Waals surface area contributed by atoms with Gasteiger partial charge in [0.25, 0.3) is 0 Å². The molecule has 0 saturated heterocycles. The molecule has 0 spiro atoms. The first-order valence-electron chi connectivity index (χ1n) is 5.15. The van der Waals surface area contributed by atoms with E-state index >= 15 is 0 Å². The Hall–Kier alpha value is -1.42. The highest BCUT2D eigenvalue weighted by atomic mass is 16.1. The quantitative estimate of drug-likeness (QED) is 0.676. The number of nitrogen functional groups attached to an aromatic ring is 1. The van der Waals surface area contributed by atoms with Crippen molar-refractivity contribution in [1.82, 2.24) is 10.3 Å². The van der Waals surface area contributed by atoms with Crippen molar-refractivity contribution in [2.45, 2.75) is 19.8 Å². The number of anilines is 1. The number of Topliss-reactive ketones (excluding diaryl/α,β-unsaturated/α-hetero) is 1. The third kappa shape index (κ3) is 4.56. The van der Waals surface area contributed by atoms with Crippen LogP contribution in [0.4, 0.5) is 5.82 Å². The molecule has 1 aromatic heterocycles. The number of nitrogens with one attached hydrogen (secondary N) is 1. The minimum atomic E-state index is 0.175. The highest BCUT2D eigenvalue weighted by molar-refractivity contribution is 5.82. The first-order chi connectivity index (χ1) is 7.22. The van der Waals surface area contributed by atoms with Crippen molar-refractivity contribution in [3.63, 3.8) is 0 Å². The predicted molar refractivity (Wildman–Crippen MR) is 60.5 cm³/mol. The number of ketones is 1. The molecule has 1 rings (SSSR count). The number of nitrogens with zero attached hydrogens (tertiary/aromatic N) is 1. The molecule has 0 amide bonds. The van der Waals surface area contributed by atoms with Gasteiger partial charge < -0.3 is 11.1 Å². The van der Waals surface area contributed by atoms with Crippen LogP contribution in [0.25, 0.3) is 0 Å². The summed E-state index contributed by atoms with van der Waals surface area (Å²) in [5, 5.41) is 3.07. The minimum absolute atomic E-state index is 0.175. The fraction of sp³-hybridized carbons (Fsp3) is 0.455. The average Bonchev–Trinajstić information content (AvgIpc) is 2.18. The maximum absolute atomic E-state index is 11.5. The third-order valence-corrected chi connectivity index (χ3v) is 2.00. The number of carbonyl (C=O) groups excluding carboxylic acids is 1. The standard InChI is InChI=1S/C11H17N3O/c1-2-4-13-8-10(15)6-9-3-5-14-11(12)7-9/h3,5,7,13H,2,4,6,8H2,1H3,(H2,12,14). The number of pyridine rings is 1. The number of rotatable bonds is 6. The smallest absolute Gasteiger partial charge is 0.150 e. The highest BCUT2D eigenvalue weighted by Gasteiger charge is 2.03. The molecule has 0 aliphatic heterocycles. The molecule has 0 fully saturated rings. The zero-order valence-electron chi connectivity index (χ0n) is 8.99. The summed E-state index contributed by atoms with van der Waals surface area (Å²) in [7, 11) is 0. The first-order valence-corrected chi connectivity index (χ1v) is 5.15. The number of hydrogen-bond donors (Lipinski definition) is 2. The largest absolute Gasteiger partial charge is 0.384 e. The van der Waals surface area contributed by atoms with Crippen LogP contribution in [0.5, 0.6) is 0 Å². The van der Waals surface area contributed by atoms with Crippen LogP contribution in [0, 0.1) is 0 Å². The molecule has 0 saturated carbocycles. The van der Waals surface area contributed by atoms with Crippen molar-refractivity contribution in [3.05, 3.63) is 23.9 Å². The summed E-state index contributed by atoms with van der Waals surface area (Å²) in [5.74, 6) is 0.635. The molecule has 15 heavy (non-hydrogen) atoms. The van der Waals surface area contributed by atoms with Crippen molar-refractivity contribution >= 4 is 11.6 Å². The number of carbonyl (C=O) groups is 1. The molecule has 3 N–H and O–H groups in total. The van der Waals surface area contributed by atoms with Crippen LogP contribution in [0.3, 0.4) is 0 Å². The Morgan fingerprint density at radius 3 is 3.07 bits per heavy atom. The molecule has 0 unspecified atom stereocenters. The monoisotopic (exact) mass is 207 g/mol. The first kappa shape index (κ1) is 11.7. The summed E-state index contributed by atoms with van der Waals surface area (Å²) in [6, 6.07) is 3.55. The lowest BCUT2D eigenvalue weighted by Gasteiger charge is -2.03. The third-order valence-electron chi connectivity index (χ3n) is 2.00. The normalized spacial score (nSPS) is 10.2. The Labute approximate surface area is 89.9 Å². The van der Waals surface area contributed by atoms with Crippen LogP contribution in [0.15, 0.2) is 18.3 Å². The maximum atomic E-state index is 11.5. The van der Waals surface area contributed by atoms with Gasteiger partial charge in [-0.25, -0.2) is 4.98 Å². The molecule has 0 aromatic carbocycles. The fourth-order valence-electron chi connectivity index (χ4n) is 1.30.